The maximum atomic E-state index is 12.5. The Hall–Kier alpha value is -1.80. The van der Waals surface area contributed by atoms with E-state index in [1.54, 1.807) is 0 Å². The van der Waals surface area contributed by atoms with Crippen molar-refractivity contribution < 1.29 is 27.8 Å². The van der Waals surface area contributed by atoms with Crippen molar-refractivity contribution in [2.45, 2.75) is 25.1 Å². The van der Waals surface area contributed by atoms with Crippen molar-refractivity contribution in [3.05, 3.63) is 29.8 Å². The number of carbonyl (C=O) groups excluding carboxylic acids is 1. The second kappa shape index (κ2) is 8.60. The third-order valence-corrected chi connectivity index (χ3v) is 2.78. The molecule has 5 nitrogen and oxygen atoms in total. The predicted octanol–water partition coefficient (Wildman–Crippen LogP) is 2.31. The number of alkyl halides is 3. The van der Waals surface area contributed by atoms with Gasteiger partial charge in [-0.15, -0.1) is 0 Å². The molecule has 0 aliphatic heterocycles. The molecule has 0 radical (unpaired) electrons. The summed E-state index contributed by atoms with van der Waals surface area (Å²) in [6.45, 7) is 0.329. The molecule has 1 atom stereocenters. The number of hydrogen-bond acceptors (Lipinski definition) is 3. The Morgan fingerprint density at radius 3 is 2.68 bits per heavy atom. The molecule has 0 aliphatic carbocycles. The highest BCUT2D eigenvalue weighted by molar-refractivity contribution is 5.90. The standard InChI is InChI=1S/C14H19F3N2O3/c1-22-9-11(20)6-7-18-13(21)19-12-5-3-2-4-10(12)8-14(15,16)17/h2-5,11,20H,6-9H2,1H3,(H2,18,19,21). The number of hydrogen-bond donors (Lipinski definition) is 3. The van der Waals surface area contributed by atoms with Gasteiger partial charge in [0.1, 0.15) is 0 Å². The Labute approximate surface area is 126 Å². The van der Waals surface area contributed by atoms with Crippen LogP contribution in [0.15, 0.2) is 24.3 Å². The molecule has 2 amide bonds. The molecule has 8 heteroatoms. The molecule has 1 unspecified atom stereocenters. The zero-order chi connectivity index (χ0) is 16.6. The van der Waals surface area contributed by atoms with Crippen LogP contribution in [0.25, 0.3) is 0 Å². The first kappa shape index (κ1) is 18.2. The van der Waals surface area contributed by atoms with Crippen molar-refractivity contribution in [2.24, 2.45) is 0 Å². The first-order valence-corrected chi connectivity index (χ1v) is 6.68. The van der Waals surface area contributed by atoms with Crippen LogP contribution < -0.4 is 10.6 Å². The molecule has 0 spiro atoms. The van der Waals surface area contributed by atoms with E-state index >= 15 is 0 Å². The van der Waals surface area contributed by atoms with Crippen LogP contribution in [0, 0.1) is 0 Å². The molecule has 0 aromatic heterocycles. The maximum absolute atomic E-state index is 12.5. The lowest BCUT2D eigenvalue weighted by Gasteiger charge is -2.14. The summed E-state index contributed by atoms with van der Waals surface area (Å²) in [5, 5.41) is 14.2. The van der Waals surface area contributed by atoms with Crippen LogP contribution in [-0.4, -0.2) is 43.7 Å². The number of halogens is 3. The van der Waals surface area contributed by atoms with Crippen LogP contribution >= 0.6 is 0 Å². The average Bonchev–Trinajstić information content (AvgIpc) is 2.39. The van der Waals surface area contributed by atoms with E-state index in [-0.39, 0.29) is 30.8 Å². The second-order valence-corrected chi connectivity index (χ2v) is 4.73. The molecule has 0 saturated heterocycles. The van der Waals surface area contributed by atoms with Crippen molar-refractivity contribution in [1.29, 1.82) is 0 Å². The Morgan fingerprint density at radius 2 is 2.05 bits per heavy atom. The monoisotopic (exact) mass is 320 g/mol. The summed E-state index contributed by atoms with van der Waals surface area (Å²) >= 11 is 0. The number of rotatable bonds is 7. The average molecular weight is 320 g/mol. The Balaban J connectivity index is 2.51. The van der Waals surface area contributed by atoms with Gasteiger partial charge in [0.2, 0.25) is 0 Å². The number of para-hydroxylation sites is 1. The van der Waals surface area contributed by atoms with E-state index < -0.39 is 24.7 Å². The van der Waals surface area contributed by atoms with Crippen molar-refractivity contribution in [3.63, 3.8) is 0 Å². The van der Waals surface area contributed by atoms with Gasteiger partial charge in [-0.2, -0.15) is 13.2 Å². The molecule has 1 rings (SSSR count). The molecule has 3 N–H and O–H groups in total. The molecule has 0 fully saturated rings. The van der Waals surface area contributed by atoms with E-state index in [2.05, 4.69) is 10.6 Å². The van der Waals surface area contributed by atoms with E-state index in [1.807, 2.05) is 0 Å². The third kappa shape index (κ3) is 7.28. The number of ether oxygens (including phenoxy) is 1. The van der Waals surface area contributed by atoms with Crippen LogP contribution in [-0.2, 0) is 11.2 Å². The normalized spacial score (nSPS) is 12.8. The summed E-state index contributed by atoms with van der Waals surface area (Å²) in [7, 11) is 1.45. The third-order valence-electron chi connectivity index (χ3n) is 2.78. The molecule has 0 bridgehead atoms. The van der Waals surface area contributed by atoms with Crippen molar-refractivity contribution in [3.8, 4) is 0 Å². The van der Waals surface area contributed by atoms with Crippen LogP contribution in [0.5, 0.6) is 0 Å². The van der Waals surface area contributed by atoms with E-state index in [0.29, 0.717) is 0 Å². The van der Waals surface area contributed by atoms with Crippen LogP contribution in [0.1, 0.15) is 12.0 Å². The fraction of sp³-hybridized carbons (Fsp3) is 0.500. The van der Waals surface area contributed by atoms with Crippen molar-refractivity contribution >= 4 is 11.7 Å². The minimum absolute atomic E-state index is 0.00966. The number of nitrogens with one attached hydrogen (secondary N) is 2. The van der Waals surface area contributed by atoms with Gasteiger partial charge in [0, 0.05) is 19.3 Å². The van der Waals surface area contributed by atoms with E-state index in [9.17, 15) is 23.1 Å². The fourth-order valence-electron chi connectivity index (χ4n) is 1.81. The maximum Gasteiger partial charge on any atom is 0.393 e. The van der Waals surface area contributed by atoms with Crippen LogP contribution in [0.2, 0.25) is 0 Å². The number of aliphatic hydroxyl groups is 1. The number of amides is 2. The largest absolute Gasteiger partial charge is 0.393 e. The number of anilines is 1. The Bertz CT molecular complexity index is 481. The summed E-state index contributed by atoms with van der Waals surface area (Å²) in [6.07, 6.45) is -5.89. The SMILES string of the molecule is COCC(O)CCNC(=O)Nc1ccccc1CC(F)(F)F. The van der Waals surface area contributed by atoms with Crippen LogP contribution in [0.3, 0.4) is 0 Å². The first-order valence-electron chi connectivity index (χ1n) is 6.68. The molecule has 124 valence electrons. The Kier molecular flexibility index (Phi) is 7.13. The van der Waals surface area contributed by atoms with Gasteiger partial charge in [0.25, 0.3) is 0 Å². The van der Waals surface area contributed by atoms with E-state index in [1.165, 1.54) is 31.4 Å². The minimum atomic E-state index is -4.35. The number of aliphatic hydroxyl groups excluding tert-OH is 1. The lowest BCUT2D eigenvalue weighted by atomic mass is 10.1. The fourth-order valence-corrected chi connectivity index (χ4v) is 1.81. The quantitative estimate of drug-likeness (QED) is 0.722. The number of carbonyl (C=O) groups is 1. The Morgan fingerprint density at radius 1 is 1.36 bits per heavy atom. The molecular formula is C14H19F3N2O3. The summed E-state index contributed by atoms with van der Waals surface area (Å²) < 4.78 is 42.1. The molecular weight excluding hydrogens is 301 g/mol. The highest BCUT2D eigenvalue weighted by Crippen LogP contribution is 2.25. The molecule has 22 heavy (non-hydrogen) atoms. The highest BCUT2D eigenvalue weighted by atomic mass is 19.4. The molecule has 0 aliphatic rings. The lowest BCUT2D eigenvalue weighted by Crippen LogP contribution is -2.32. The number of benzene rings is 1. The van der Waals surface area contributed by atoms with E-state index in [4.69, 9.17) is 4.74 Å². The van der Waals surface area contributed by atoms with Gasteiger partial charge in [0.15, 0.2) is 0 Å². The molecule has 0 saturated carbocycles. The van der Waals surface area contributed by atoms with Gasteiger partial charge < -0.3 is 20.5 Å². The number of methoxy groups -OCH3 is 1. The summed E-state index contributed by atoms with van der Waals surface area (Å²) in [6, 6.07) is 5.11. The summed E-state index contributed by atoms with van der Waals surface area (Å²) in [5.41, 5.74) is 0.0966. The van der Waals surface area contributed by atoms with Gasteiger partial charge in [-0.05, 0) is 18.1 Å². The summed E-state index contributed by atoms with van der Waals surface area (Å²) in [5.74, 6) is 0. The number of urea groups is 1. The molecule has 1 aromatic rings. The van der Waals surface area contributed by atoms with Gasteiger partial charge >= 0.3 is 12.2 Å². The molecule has 0 heterocycles. The smallest absolute Gasteiger partial charge is 0.391 e. The minimum Gasteiger partial charge on any atom is -0.391 e. The van der Waals surface area contributed by atoms with Gasteiger partial charge in [-0.25, -0.2) is 4.79 Å². The zero-order valence-corrected chi connectivity index (χ0v) is 12.1. The highest BCUT2D eigenvalue weighted by Gasteiger charge is 2.28. The zero-order valence-electron chi connectivity index (χ0n) is 12.1. The van der Waals surface area contributed by atoms with Crippen molar-refractivity contribution in [1.82, 2.24) is 5.32 Å². The van der Waals surface area contributed by atoms with E-state index in [0.717, 1.165) is 0 Å². The van der Waals surface area contributed by atoms with Gasteiger partial charge in [-0.1, -0.05) is 18.2 Å². The predicted molar refractivity (Wildman–Crippen MR) is 75.7 cm³/mol. The summed E-state index contributed by atoms with van der Waals surface area (Å²) in [4.78, 5) is 11.7. The lowest BCUT2D eigenvalue weighted by molar-refractivity contribution is -0.127. The first-order chi connectivity index (χ1) is 10.3. The van der Waals surface area contributed by atoms with Crippen molar-refractivity contribution in [2.75, 3.05) is 25.6 Å². The van der Waals surface area contributed by atoms with Gasteiger partial charge in [-0.3, -0.25) is 0 Å². The van der Waals surface area contributed by atoms with Gasteiger partial charge in [0.05, 0.1) is 19.1 Å². The second-order valence-electron chi connectivity index (χ2n) is 4.73. The topological polar surface area (TPSA) is 70.6 Å². The molecule has 1 aromatic carbocycles. The van der Waals surface area contributed by atoms with Crippen LogP contribution in [0.4, 0.5) is 23.7 Å².